The molecule has 1 atom stereocenters. The van der Waals surface area contributed by atoms with E-state index in [-0.39, 0.29) is 0 Å². The third kappa shape index (κ3) is 4.46. The minimum absolute atomic E-state index is 0.410. The Labute approximate surface area is 223 Å². The van der Waals surface area contributed by atoms with Crippen LogP contribution in [-0.4, -0.2) is 30.5 Å². The Morgan fingerprint density at radius 2 is 1.92 bits per heavy atom. The molecule has 0 spiro atoms. The van der Waals surface area contributed by atoms with Crippen molar-refractivity contribution in [2.24, 2.45) is 7.05 Å². The summed E-state index contributed by atoms with van der Waals surface area (Å²) in [5.41, 5.74) is 4.37. The van der Waals surface area contributed by atoms with Gasteiger partial charge >= 0.3 is 0 Å². The van der Waals surface area contributed by atoms with Crippen molar-refractivity contribution in [3.05, 3.63) is 114 Å². The predicted molar refractivity (Wildman–Crippen MR) is 146 cm³/mol. The van der Waals surface area contributed by atoms with E-state index >= 15 is 0 Å². The van der Waals surface area contributed by atoms with E-state index in [9.17, 15) is 4.79 Å². The quantitative estimate of drug-likeness (QED) is 0.228. The molecule has 0 saturated heterocycles. The van der Waals surface area contributed by atoms with Crippen LogP contribution in [0.5, 0.6) is 0 Å². The van der Waals surface area contributed by atoms with Crippen molar-refractivity contribution < 1.29 is 9.21 Å². The number of aromatic nitrogens is 5. The first-order chi connectivity index (χ1) is 18.6. The van der Waals surface area contributed by atoms with Crippen LogP contribution in [0.15, 0.2) is 102 Å². The van der Waals surface area contributed by atoms with Crippen LogP contribution < -0.4 is 4.90 Å². The molecule has 38 heavy (non-hydrogen) atoms. The standard InChI is InChI=1S/C29H23ClN6O2/c1-34-26(20-6-9-24(10-7-20)35-13-12-31-18-35)17-33-29(34)25(16-23-4-2-3-11-32-23)36(19-37)28-14-21-5-8-22(30)15-27(21)38-28/h2-15,17-19,25H,16H2,1H3/t25-/m0/s1. The largest absolute Gasteiger partial charge is 0.440 e. The molecule has 0 radical (unpaired) electrons. The van der Waals surface area contributed by atoms with E-state index in [1.54, 1.807) is 35.8 Å². The molecule has 0 bridgehead atoms. The number of carbonyl (C=O) groups is 1. The number of fused-ring (bicyclic) bond motifs is 1. The van der Waals surface area contributed by atoms with E-state index in [0.717, 1.165) is 34.4 Å². The SMILES string of the molecule is Cn1c(-c2ccc(-n3ccnc3)cc2)cnc1[C@H](Cc1ccccn1)N(C=O)c1cc2ccc(Cl)cc2o1. The number of pyridine rings is 1. The monoisotopic (exact) mass is 522 g/mol. The Hall–Kier alpha value is -4.69. The number of hydrogen-bond donors (Lipinski definition) is 0. The average Bonchev–Trinajstić information content (AvgIpc) is 3.69. The van der Waals surface area contributed by atoms with Gasteiger partial charge in [0.05, 0.1) is 18.2 Å². The number of nitrogens with zero attached hydrogens (tertiary/aromatic N) is 6. The van der Waals surface area contributed by atoms with Crippen LogP contribution in [0.3, 0.4) is 0 Å². The van der Waals surface area contributed by atoms with Gasteiger partial charge in [-0.25, -0.2) is 9.97 Å². The summed E-state index contributed by atoms with van der Waals surface area (Å²) in [7, 11) is 1.95. The normalized spacial score (nSPS) is 12.1. The number of anilines is 1. The lowest BCUT2D eigenvalue weighted by Crippen LogP contribution is -2.31. The van der Waals surface area contributed by atoms with Gasteiger partial charge in [-0.1, -0.05) is 29.8 Å². The molecule has 0 aliphatic rings. The molecule has 6 aromatic rings. The van der Waals surface area contributed by atoms with Crippen LogP contribution in [0.2, 0.25) is 5.02 Å². The molecule has 0 saturated carbocycles. The third-order valence-corrected chi connectivity index (χ3v) is 6.82. The van der Waals surface area contributed by atoms with E-state index in [1.165, 1.54) is 0 Å². The summed E-state index contributed by atoms with van der Waals surface area (Å²) < 4.78 is 10.0. The molecule has 2 aromatic carbocycles. The number of halogens is 1. The highest BCUT2D eigenvalue weighted by molar-refractivity contribution is 6.31. The minimum Gasteiger partial charge on any atom is -0.440 e. The van der Waals surface area contributed by atoms with Crippen LogP contribution in [0.4, 0.5) is 5.88 Å². The molecular formula is C29H23ClN6O2. The lowest BCUT2D eigenvalue weighted by Gasteiger charge is -2.26. The zero-order valence-electron chi connectivity index (χ0n) is 20.5. The summed E-state index contributed by atoms with van der Waals surface area (Å²) in [5.74, 6) is 1.11. The number of rotatable bonds is 8. The van der Waals surface area contributed by atoms with Gasteiger partial charge in [0, 0.05) is 66.0 Å². The zero-order chi connectivity index (χ0) is 26.1. The fourth-order valence-electron chi connectivity index (χ4n) is 4.65. The fraction of sp³-hybridized carbons (Fsp3) is 0.103. The molecule has 8 nitrogen and oxygen atoms in total. The fourth-order valence-corrected chi connectivity index (χ4v) is 4.81. The summed E-state index contributed by atoms with van der Waals surface area (Å²) in [5, 5.41) is 1.42. The van der Waals surface area contributed by atoms with Gasteiger partial charge in [0.1, 0.15) is 17.4 Å². The van der Waals surface area contributed by atoms with Crippen molar-refractivity contribution in [1.29, 1.82) is 0 Å². The average molecular weight is 523 g/mol. The molecule has 9 heteroatoms. The second kappa shape index (κ2) is 9.99. The Morgan fingerprint density at radius 1 is 1.05 bits per heavy atom. The Morgan fingerprint density at radius 3 is 2.66 bits per heavy atom. The lowest BCUT2D eigenvalue weighted by atomic mass is 10.1. The van der Waals surface area contributed by atoms with E-state index in [1.807, 2.05) is 83.2 Å². The van der Waals surface area contributed by atoms with E-state index in [0.29, 0.717) is 28.7 Å². The van der Waals surface area contributed by atoms with E-state index in [4.69, 9.17) is 21.0 Å². The van der Waals surface area contributed by atoms with Gasteiger partial charge in [-0.05, 0) is 42.0 Å². The van der Waals surface area contributed by atoms with Crippen molar-refractivity contribution in [2.45, 2.75) is 12.5 Å². The zero-order valence-corrected chi connectivity index (χ0v) is 21.2. The first-order valence-electron chi connectivity index (χ1n) is 12.0. The van der Waals surface area contributed by atoms with Crippen LogP contribution in [0, 0.1) is 0 Å². The van der Waals surface area contributed by atoms with Crippen molar-refractivity contribution in [2.75, 3.05) is 4.90 Å². The summed E-state index contributed by atoms with van der Waals surface area (Å²) in [6.45, 7) is 0. The summed E-state index contributed by atoms with van der Waals surface area (Å²) in [6, 6.07) is 20.7. The molecule has 4 heterocycles. The molecule has 1 amide bonds. The number of imidazole rings is 2. The van der Waals surface area contributed by atoms with Gasteiger partial charge in [0.15, 0.2) is 0 Å². The van der Waals surface area contributed by atoms with Crippen LogP contribution in [0.25, 0.3) is 27.9 Å². The number of amides is 1. The number of furan rings is 1. The van der Waals surface area contributed by atoms with Crippen molar-refractivity contribution in [1.82, 2.24) is 24.1 Å². The molecular weight excluding hydrogens is 500 g/mol. The maximum atomic E-state index is 12.6. The summed E-state index contributed by atoms with van der Waals surface area (Å²) in [6.07, 6.45) is 10.2. The number of benzene rings is 2. The molecule has 6 rings (SSSR count). The minimum atomic E-state index is -0.470. The molecule has 4 aromatic heterocycles. The van der Waals surface area contributed by atoms with Gasteiger partial charge in [-0.2, -0.15) is 0 Å². The topological polar surface area (TPSA) is 82.0 Å². The Bertz CT molecular complexity index is 1690. The number of carbonyl (C=O) groups excluding carboxylic acids is 1. The molecule has 0 fully saturated rings. The first-order valence-corrected chi connectivity index (χ1v) is 12.4. The van der Waals surface area contributed by atoms with Crippen LogP contribution >= 0.6 is 11.6 Å². The van der Waals surface area contributed by atoms with Gasteiger partial charge in [-0.15, -0.1) is 0 Å². The van der Waals surface area contributed by atoms with Gasteiger partial charge in [0.25, 0.3) is 0 Å². The van der Waals surface area contributed by atoms with E-state index < -0.39 is 6.04 Å². The maximum Gasteiger partial charge on any atom is 0.217 e. The van der Waals surface area contributed by atoms with Crippen molar-refractivity contribution in [3.63, 3.8) is 0 Å². The second-order valence-electron chi connectivity index (χ2n) is 8.90. The highest BCUT2D eigenvalue weighted by atomic mass is 35.5. The number of hydrogen-bond acceptors (Lipinski definition) is 5. The smallest absolute Gasteiger partial charge is 0.217 e. The lowest BCUT2D eigenvalue weighted by molar-refractivity contribution is -0.108. The van der Waals surface area contributed by atoms with Gasteiger partial charge in [-0.3, -0.25) is 14.7 Å². The van der Waals surface area contributed by atoms with E-state index in [2.05, 4.69) is 9.97 Å². The first kappa shape index (κ1) is 23.7. The van der Waals surface area contributed by atoms with Crippen LogP contribution in [-0.2, 0) is 18.3 Å². The molecule has 0 aliphatic carbocycles. The molecule has 0 unspecified atom stereocenters. The maximum absolute atomic E-state index is 12.6. The molecule has 0 N–H and O–H groups in total. The molecule has 0 aliphatic heterocycles. The van der Waals surface area contributed by atoms with Crippen molar-refractivity contribution >= 4 is 34.9 Å². The van der Waals surface area contributed by atoms with Gasteiger partial charge < -0.3 is 13.6 Å². The van der Waals surface area contributed by atoms with Gasteiger partial charge in [0.2, 0.25) is 12.3 Å². The van der Waals surface area contributed by atoms with Crippen molar-refractivity contribution in [3.8, 4) is 16.9 Å². The summed E-state index contributed by atoms with van der Waals surface area (Å²) in [4.78, 5) is 27.5. The van der Waals surface area contributed by atoms with Crippen LogP contribution in [0.1, 0.15) is 17.6 Å². The summed E-state index contributed by atoms with van der Waals surface area (Å²) >= 11 is 6.16. The Kier molecular flexibility index (Phi) is 6.23. The highest BCUT2D eigenvalue weighted by Gasteiger charge is 2.29. The predicted octanol–water partition coefficient (Wildman–Crippen LogP) is 6.01. The molecule has 188 valence electrons. The second-order valence-corrected chi connectivity index (χ2v) is 9.33. The highest BCUT2D eigenvalue weighted by Crippen LogP contribution is 2.35. The third-order valence-electron chi connectivity index (χ3n) is 6.59. The Balaban J connectivity index is 1.40.